The number of hydrogen-bond acceptors (Lipinski definition) is 5. The fraction of sp³-hybridized carbons (Fsp3) is 0.133. The standard InChI is InChI=1S/C15H14ClN5/c1-9-6-7-10-4-3-5-12(13(10)19-9)20-14-11(16)8-18-15(17-2)21-14/h3-8H,1-2H3,(H2,17,18,20,21). The van der Waals surface area contributed by atoms with Crippen LogP contribution in [0.5, 0.6) is 0 Å². The van der Waals surface area contributed by atoms with Gasteiger partial charge in [-0.15, -0.1) is 0 Å². The molecule has 0 saturated heterocycles. The molecule has 5 nitrogen and oxygen atoms in total. The molecule has 2 aromatic heterocycles. The predicted molar refractivity (Wildman–Crippen MR) is 86.4 cm³/mol. The van der Waals surface area contributed by atoms with E-state index in [4.69, 9.17) is 11.6 Å². The maximum atomic E-state index is 6.15. The Hall–Kier alpha value is -2.40. The normalized spacial score (nSPS) is 10.6. The fourth-order valence-corrected chi connectivity index (χ4v) is 2.19. The first kappa shape index (κ1) is 13.6. The molecule has 0 atom stereocenters. The minimum Gasteiger partial charge on any atom is -0.357 e. The number of rotatable bonds is 3. The maximum Gasteiger partial charge on any atom is 0.224 e. The Kier molecular flexibility index (Phi) is 3.58. The van der Waals surface area contributed by atoms with Crippen molar-refractivity contribution in [1.29, 1.82) is 0 Å². The zero-order valence-corrected chi connectivity index (χ0v) is 12.4. The number of halogens is 1. The summed E-state index contributed by atoms with van der Waals surface area (Å²) in [4.78, 5) is 13.0. The monoisotopic (exact) mass is 299 g/mol. The summed E-state index contributed by atoms with van der Waals surface area (Å²) in [5, 5.41) is 7.64. The molecule has 6 heteroatoms. The molecule has 21 heavy (non-hydrogen) atoms. The molecule has 106 valence electrons. The van der Waals surface area contributed by atoms with Crippen molar-refractivity contribution in [3.8, 4) is 0 Å². The van der Waals surface area contributed by atoms with E-state index in [1.807, 2.05) is 37.3 Å². The highest BCUT2D eigenvalue weighted by Gasteiger charge is 2.08. The van der Waals surface area contributed by atoms with Crippen LogP contribution >= 0.6 is 11.6 Å². The molecule has 0 bridgehead atoms. The van der Waals surface area contributed by atoms with Crippen molar-refractivity contribution in [3.05, 3.63) is 47.2 Å². The Bertz CT molecular complexity index is 803. The number of para-hydroxylation sites is 1. The van der Waals surface area contributed by atoms with Gasteiger partial charge in [-0.25, -0.2) is 4.98 Å². The Labute approximate surface area is 127 Å². The van der Waals surface area contributed by atoms with Gasteiger partial charge in [0.2, 0.25) is 5.95 Å². The number of benzene rings is 1. The van der Waals surface area contributed by atoms with E-state index < -0.39 is 0 Å². The molecule has 0 spiro atoms. The van der Waals surface area contributed by atoms with Crippen molar-refractivity contribution in [3.63, 3.8) is 0 Å². The van der Waals surface area contributed by atoms with Crippen LogP contribution in [-0.4, -0.2) is 22.0 Å². The zero-order chi connectivity index (χ0) is 14.8. The van der Waals surface area contributed by atoms with Crippen LogP contribution in [0.25, 0.3) is 10.9 Å². The molecule has 1 aromatic carbocycles. The van der Waals surface area contributed by atoms with Crippen molar-refractivity contribution in [2.24, 2.45) is 0 Å². The van der Waals surface area contributed by atoms with Crippen molar-refractivity contribution in [2.75, 3.05) is 17.7 Å². The number of fused-ring (bicyclic) bond motifs is 1. The lowest BCUT2D eigenvalue weighted by Gasteiger charge is -2.11. The van der Waals surface area contributed by atoms with E-state index in [1.54, 1.807) is 13.2 Å². The summed E-state index contributed by atoms with van der Waals surface area (Å²) in [6.45, 7) is 1.97. The number of aromatic nitrogens is 3. The Morgan fingerprint density at radius 1 is 1.10 bits per heavy atom. The van der Waals surface area contributed by atoms with Crippen LogP contribution in [0.3, 0.4) is 0 Å². The first-order chi connectivity index (χ1) is 10.2. The van der Waals surface area contributed by atoms with Gasteiger partial charge in [-0.3, -0.25) is 4.98 Å². The van der Waals surface area contributed by atoms with E-state index in [-0.39, 0.29) is 0 Å². The second kappa shape index (κ2) is 5.54. The molecule has 2 heterocycles. The van der Waals surface area contributed by atoms with Gasteiger partial charge in [0, 0.05) is 18.1 Å². The van der Waals surface area contributed by atoms with Gasteiger partial charge in [0.15, 0.2) is 5.82 Å². The lowest BCUT2D eigenvalue weighted by molar-refractivity contribution is 1.15. The predicted octanol–water partition coefficient (Wildman–Crippen LogP) is 3.77. The summed E-state index contributed by atoms with van der Waals surface area (Å²) < 4.78 is 0. The van der Waals surface area contributed by atoms with Gasteiger partial charge in [0.1, 0.15) is 5.02 Å². The van der Waals surface area contributed by atoms with Crippen molar-refractivity contribution < 1.29 is 0 Å². The first-order valence-electron chi connectivity index (χ1n) is 6.51. The second-order valence-electron chi connectivity index (χ2n) is 4.60. The third-order valence-corrected chi connectivity index (χ3v) is 3.36. The SMILES string of the molecule is CNc1ncc(Cl)c(Nc2cccc3ccc(C)nc23)n1. The highest BCUT2D eigenvalue weighted by molar-refractivity contribution is 6.33. The van der Waals surface area contributed by atoms with Gasteiger partial charge >= 0.3 is 0 Å². The molecule has 0 saturated carbocycles. The van der Waals surface area contributed by atoms with Gasteiger partial charge in [-0.05, 0) is 19.1 Å². The van der Waals surface area contributed by atoms with Gasteiger partial charge in [0.05, 0.1) is 17.4 Å². The third-order valence-electron chi connectivity index (χ3n) is 3.08. The van der Waals surface area contributed by atoms with Crippen LogP contribution in [0.1, 0.15) is 5.69 Å². The first-order valence-corrected chi connectivity index (χ1v) is 6.89. The zero-order valence-electron chi connectivity index (χ0n) is 11.7. The Balaban J connectivity index is 2.08. The van der Waals surface area contributed by atoms with Crippen LogP contribution in [0.15, 0.2) is 36.5 Å². The Morgan fingerprint density at radius 2 is 1.95 bits per heavy atom. The van der Waals surface area contributed by atoms with Crippen molar-refractivity contribution >= 4 is 40.0 Å². The molecule has 3 rings (SSSR count). The number of hydrogen-bond donors (Lipinski definition) is 2. The number of anilines is 3. The van der Waals surface area contributed by atoms with Gasteiger partial charge < -0.3 is 10.6 Å². The average Bonchev–Trinajstić information content (AvgIpc) is 2.50. The van der Waals surface area contributed by atoms with E-state index in [2.05, 4.69) is 25.6 Å². The summed E-state index contributed by atoms with van der Waals surface area (Å²) in [5.74, 6) is 1.05. The molecule has 0 radical (unpaired) electrons. The van der Waals surface area contributed by atoms with Crippen LogP contribution in [0.2, 0.25) is 5.02 Å². The van der Waals surface area contributed by atoms with E-state index >= 15 is 0 Å². The van der Waals surface area contributed by atoms with Crippen LogP contribution in [-0.2, 0) is 0 Å². The molecule has 0 unspecified atom stereocenters. The molecule has 3 aromatic rings. The topological polar surface area (TPSA) is 62.7 Å². The summed E-state index contributed by atoms with van der Waals surface area (Å²) in [6, 6.07) is 9.97. The molecule has 2 N–H and O–H groups in total. The van der Waals surface area contributed by atoms with E-state index in [0.29, 0.717) is 16.8 Å². The summed E-state index contributed by atoms with van der Waals surface area (Å²) in [7, 11) is 1.76. The van der Waals surface area contributed by atoms with E-state index in [1.165, 1.54) is 0 Å². The van der Waals surface area contributed by atoms with Crippen LogP contribution in [0.4, 0.5) is 17.5 Å². The van der Waals surface area contributed by atoms with Gasteiger partial charge in [-0.1, -0.05) is 29.8 Å². The number of nitrogens with zero attached hydrogens (tertiary/aromatic N) is 3. The van der Waals surface area contributed by atoms with Crippen LogP contribution < -0.4 is 10.6 Å². The minimum absolute atomic E-state index is 0.457. The molecule has 0 aliphatic carbocycles. The van der Waals surface area contributed by atoms with E-state index in [0.717, 1.165) is 22.3 Å². The lowest BCUT2D eigenvalue weighted by atomic mass is 10.1. The Morgan fingerprint density at radius 3 is 2.76 bits per heavy atom. The molecular weight excluding hydrogens is 286 g/mol. The van der Waals surface area contributed by atoms with Crippen LogP contribution in [0, 0.1) is 6.92 Å². The summed E-state index contributed by atoms with van der Waals surface area (Å²) >= 11 is 6.15. The number of aryl methyl sites for hydroxylation is 1. The quantitative estimate of drug-likeness (QED) is 0.771. The number of pyridine rings is 1. The largest absolute Gasteiger partial charge is 0.357 e. The minimum atomic E-state index is 0.457. The fourth-order valence-electron chi connectivity index (χ4n) is 2.05. The van der Waals surface area contributed by atoms with Crippen molar-refractivity contribution in [2.45, 2.75) is 6.92 Å². The smallest absolute Gasteiger partial charge is 0.224 e. The molecule has 0 fully saturated rings. The lowest BCUT2D eigenvalue weighted by Crippen LogP contribution is -2.01. The molecule has 0 aliphatic rings. The highest BCUT2D eigenvalue weighted by atomic mass is 35.5. The third kappa shape index (κ3) is 2.73. The second-order valence-corrected chi connectivity index (χ2v) is 5.00. The molecule has 0 aliphatic heterocycles. The average molecular weight is 300 g/mol. The summed E-state index contributed by atoms with van der Waals surface area (Å²) in [6.07, 6.45) is 1.56. The number of nitrogens with one attached hydrogen (secondary N) is 2. The van der Waals surface area contributed by atoms with Gasteiger partial charge in [0.25, 0.3) is 0 Å². The maximum absolute atomic E-state index is 6.15. The van der Waals surface area contributed by atoms with E-state index in [9.17, 15) is 0 Å². The highest BCUT2D eigenvalue weighted by Crippen LogP contribution is 2.28. The summed E-state index contributed by atoms with van der Waals surface area (Å²) in [5.41, 5.74) is 2.71. The van der Waals surface area contributed by atoms with Crippen molar-refractivity contribution in [1.82, 2.24) is 15.0 Å². The molecule has 0 amide bonds. The molecular formula is C15H14ClN5. The van der Waals surface area contributed by atoms with Gasteiger partial charge in [-0.2, -0.15) is 4.98 Å².